The fraction of sp³-hybridized carbons (Fsp3) is 0.0909. The molecule has 0 radical (unpaired) electrons. The molecule has 2 rings (SSSR count). The molecule has 2 aromatic rings. The van der Waals surface area contributed by atoms with Gasteiger partial charge in [-0.1, -0.05) is 18.2 Å². The van der Waals surface area contributed by atoms with Crippen molar-refractivity contribution in [1.82, 2.24) is 10.2 Å². The van der Waals surface area contributed by atoms with Gasteiger partial charge in [-0.2, -0.15) is 0 Å². The highest BCUT2D eigenvalue weighted by molar-refractivity contribution is 7.92. The molecule has 0 fully saturated rings. The van der Waals surface area contributed by atoms with E-state index in [9.17, 15) is 8.42 Å². The number of methoxy groups -OCH3 is 1. The lowest BCUT2D eigenvalue weighted by Gasteiger charge is -2.06. The van der Waals surface area contributed by atoms with Crippen LogP contribution in [0.3, 0.4) is 0 Å². The molecule has 0 aliphatic carbocycles. The summed E-state index contributed by atoms with van der Waals surface area (Å²) in [6.45, 7) is 0. The Bertz CT molecular complexity index is 612. The number of aromatic nitrogens is 2. The van der Waals surface area contributed by atoms with Gasteiger partial charge < -0.3 is 4.74 Å². The van der Waals surface area contributed by atoms with Crippen LogP contribution in [0.25, 0.3) is 0 Å². The van der Waals surface area contributed by atoms with Crippen molar-refractivity contribution in [3.05, 3.63) is 42.5 Å². The van der Waals surface area contributed by atoms with Gasteiger partial charge >= 0.3 is 0 Å². The molecule has 0 aliphatic heterocycles. The van der Waals surface area contributed by atoms with Crippen molar-refractivity contribution in [3.8, 4) is 5.88 Å². The number of anilines is 1. The summed E-state index contributed by atoms with van der Waals surface area (Å²) < 4.78 is 31.1. The Morgan fingerprint density at radius 3 is 2.33 bits per heavy atom. The first kappa shape index (κ1) is 12.3. The fourth-order valence-corrected chi connectivity index (χ4v) is 2.30. The molecule has 6 nitrogen and oxygen atoms in total. The van der Waals surface area contributed by atoms with E-state index in [1.54, 1.807) is 18.2 Å². The molecule has 0 aliphatic rings. The average Bonchev–Trinajstić information content (AvgIpc) is 2.40. The quantitative estimate of drug-likeness (QED) is 0.900. The maximum absolute atomic E-state index is 11.9. The van der Waals surface area contributed by atoms with E-state index in [-0.39, 0.29) is 10.7 Å². The predicted molar refractivity (Wildman–Crippen MR) is 65.8 cm³/mol. The van der Waals surface area contributed by atoms with Crippen molar-refractivity contribution in [2.75, 3.05) is 11.8 Å². The number of nitrogens with one attached hydrogen (secondary N) is 1. The number of sulfonamides is 1. The molecule has 0 amide bonds. The molecule has 7 heteroatoms. The van der Waals surface area contributed by atoms with E-state index in [0.29, 0.717) is 5.88 Å². The third-order valence-corrected chi connectivity index (χ3v) is 3.51. The van der Waals surface area contributed by atoms with Gasteiger partial charge in [0.2, 0.25) is 5.88 Å². The molecule has 1 aromatic heterocycles. The van der Waals surface area contributed by atoms with Crippen LogP contribution in [-0.2, 0) is 10.0 Å². The molecular formula is C11H11N3O3S. The van der Waals surface area contributed by atoms with Crippen molar-refractivity contribution in [3.63, 3.8) is 0 Å². The molecule has 94 valence electrons. The molecule has 18 heavy (non-hydrogen) atoms. The zero-order chi connectivity index (χ0) is 13.0. The standard InChI is InChI=1S/C11H11N3O3S/c1-17-11-8-7-10(12-13-11)14-18(15,16)9-5-3-2-4-6-9/h2-8H,1H3,(H,12,14). The van der Waals surface area contributed by atoms with Crippen LogP contribution < -0.4 is 9.46 Å². The van der Waals surface area contributed by atoms with Crippen LogP contribution in [-0.4, -0.2) is 25.7 Å². The number of nitrogens with zero attached hydrogens (tertiary/aromatic N) is 2. The third-order valence-electron chi connectivity index (χ3n) is 2.14. The zero-order valence-corrected chi connectivity index (χ0v) is 10.4. The first-order valence-corrected chi connectivity index (χ1v) is 6.56. The van der Waals surface area contributed by atoms with Crippen LogP contribution in [0, 0.1) is 0 Å². The van der Waals surface area contributed by atoms with Crippen molar-refractivity contribution in [2.24, 2.45) is 0 Å². The Kier molecular flexibility index (Phi) is 3.42. The molecule has 0 saturated heterocycles. The number of hydrogen-bond donors (Lipinski definition) is 1. The SMILES string of the molecule is COc1ccc(NS(=O)(=O)c2ccccc2)nn1. The van der Waals surface area contributed by atoms with Crippen LogP contribution in [0.2, 0.25) is 0 Å². The predicted octanol–water partition coefficient (Wildman–Crippen LogP) is 1.29. The number of hydrogen-bond acceptors (Lipinski definition) is 5. The second-order valence-corrected chi connectivity index (χ2v) is 5.06. The van der Waals surface area contributed by atoms with E-state index in [0.717, 1.165) is 0 Å². The van der Waals surface area contributed by atoms with Gasteiger partial charge in [0.1, 0.15) is 0 Å². The maximum atomic E-state index is 11.9. The third kappa shape index (κ3) is 2.75. The minimum absolute atomic E-state index is 0.139. The van der Waals surface area contributed by atoms with E-state index in [2.05, 4.69) is 14.9 Å². The van der Waals surface area contributed by atoms with Crippen LogP contribution >= 0.6 is 0 Å². The van der Waals surface area contributed by atoms with Gasteiger partial charge in [-0.25, -0.2) is 8.42 Å². The van der Waals surface area contributed by atoms with Crippen LogP contribution in [0.4, 0.5) is 5.82 Å². The highest BCUT2D eigenvalue weighted by Crippen LogP contribution is 2.14. The smallest absolute Gasteiger partial charge is 0.263 e. The summed E-state index contributed by atoms with van der Waals surface area (Å²) in [5, 5.41) is 7.37. The van der Waals surface area contributed by atoms with Crippen molar-refractivity contribution in [2.45, 2.75) is 4.90 Å². The highest BCUT2D eigenvalue weighted by Gasteiger charge is 2.14. The lowest BCUT2D eigenvalue weighted by molar-refractivity contribution is 0.392. The van der Waals surface area contributed by atoms with Crippen LogP contribution in [0.15, 0.2) is 47.4 Å². The molecular weight excluding hydrogens is 254 g/mol. The maximum Gasteiger partial charge on any atom is 0.263 e. The van der Waals surface area contributed by atoms with Gasteiger partial charge in [0, 0.05) is 6.07 Å². The van der Waals surface area contributed by atoms with Crippen molar-refractivity contribution >= 4 is 15.8 Å². The summed E-state index contributed by atoms with van der Waals surface area (Å²) in [4.78, 5) is 0.169. The van der Waals surface area contributed by atoms with Crippen LogP contribution in [0.5, 0.6) is 5.88 Å². The lowest BCUT2D eigenvalue weighted by Crippen LogP contribution is -2.14. The minimum Gasteiger partial charge on any atom is -0.480 e. The lowest BCUT2D eigenvalue weighted by atomic mass is 10.4. The largest absolute Gasteiger partial charge is 0.480 e. The molecule has 0 unspecified atom stereocenters. The zero-order valence-electron chi connectivity index (χ0n) is 9.57. The van der Waals surface area contributed by atoms with E-state index in [4.69, 9.17) is 4.74 Å². The summed E-state index contributed by atoms with van der Waals surface area (Å²) in [6.07, 6.45) is 0. The molecule has 1 aromatic carbocycles. The summed E-state index contributed by atoms with van der Waals surface area (Å²) in [6, 6.07) is 11.0. The molecule has 1 N–H and O–H groups in total. The van der Waals surface area contributed by atoms with Gasteiger partial charge in [-0.3, -0.25) is 4.72 Å². The minimum atomic E-state index is -3.63. The molecule has 0 spiro atoms. The van der Waals surface area contributed by atoms with E-state index >= 15 is 0 Å². The molecule has 1 heterocycles. The van der Waals surface area contributed by atoms with Gasteiger partial charge in [-0.05, 0) is 18.2 Å². The normalized spacial score (nSPS) is 10.9. The Labute approximate surface area is 105 Å². The van der Waals surface area contributed by atoms with Crippen molar-refractivity contribution in [1.29, 1.82) is 0 Å². The second-order valence-electron chi connectivity index (χ2n) is 3.38. The second kappa shape index (κ2) is 5.01. The van der Waals surface area contributed by atoms with E-state index in [1.165, 1.54) is 31.4 Å². The average molecular weight is 265 g/mol. The summed E-state index contributed by atoms with van der Waals surface area (Å²) >= 11 is 0. The summed E-state index contributed by atoms with van der Waals surface area (Å²) in [5.41, 5.74) is 0. The van der Waals surface area contributed by atoms with E-state index in [1.807, 2.05) is 0 Å². The van der Waals surface area contributed by atoms with Gasteiger partial charge in [0.05, 0.1) is 12.0 Å². The van der Waals surface area contributed by atoms with Crippen LogP contribution in [0.1, 0.15) is 0 Å². The van der Waals surface area contributed by atoms with Gasteiger partial charge in [-0.15, -0.1) is 10.2 Å². The fourth-order valence-electron chi connectivity index (χ4n) is 1.28. The first-order chi connectivity index (χ1) is 8.62. The Hall–Kier alpha value is -2.15. The topological polar surface area (TPSA) is 81.2 Å². The highest BCUT2D eigenvalue weighted by atomic mass is 32.2. The first-order valence-electron chi connectivity index (χ1n) is 5.07. The number of rotatable bonds is 4. The molecule has 0 atom stereocenters. The Morgan fingerprint density at radius 1 is 1.06 bits per heavy atom. The monoisotopic (exact) mass is 265 g/mol. The van der Waals surface area contributed by atoms with Gasteiger partial charge in [0.25, 0.3) is 10.0 Å². The van der Waals surface area contributed by atoms with Crippen molar-refractivity contribution < 1.29 is 13.2 Å². The number of benzene rings is 1. The molecule has 0 bridgehead atoms. The van der Waals surface area contributed by atoms with E-state index < -0.39 is 10.0 Å². The summed E-state index contributed by atoms with van der Waals surface area (Å²) in [5.74, 6) is 0.456. The van der Waals surface area contributed by atoms with Gasteiger partial charge in [0.15, 0.2) is 5.82 Å². The molecule has 0 saturated carbocycles. The Balaban J connectivity index is 2.22. The Morgan fingerprint density at radius 2 is 1.78 bits per heavy atom. The summed E-state index contributed by atoms with van der Waals surface area (Å²) in [7, 11) is -2.17. The number of ether oxygens (including phenoxy) is 1.